The molecule has 1 saturated heterocycles. The molecule has 0 saturated carbocycles. The Bertz CT molecular complexity index is 518. The maximum Gasteiger partial charge on any atom is 0.184 e. The van der Waals surface area contributed by atoms with Gasteiger partial charge in [0.2, 0.25) is 0 Å². The minimum absolute atomic E-state index is 0.372. The van der Waals surface area contributed by atoms with Crippen molar-refractivity contribution in [2.24, 2.45) is 0 Å². The van der Waals surface area contributed by atoms with E-state index in [1.807, 2.05) is 22.7 Å². The number of hydrogen-bond donors (Lipinski definition) is 1. The van der Waals surface area contributed by atoms with Crippen molar-refractivity contribution in [2.45, 2.75) is 18.9 Å². The number of nitrogens with two attached hydrogens (primary N) is 1. The zero-order valence-corrected chi connectivity index (χ0v) is 9.30. The van der Waals surface area contributed by atoms with E-state index >= 15 is 0 Å². The van der Waals surface area contributed by atoms with Crippen molar-refractivity contribution in [2.75, 3.05) is 19.3 Å². The Kier molecular flexibility index (Phi) is 2.07. The normalized spacial score (nSPS) is 21.9. The fourth-order valence-corrected chi connectivity index (χ4v) is 2.42. The van der Waals surface area contributed by atoms with Crippen molar-refractivity contribution in [1.29, 1.82) is 0 Å². The Labute approximate surface area is 93.9 Å². The predicted octanol–water partition coefficient (Wildman–Crippen LogP) is 1.08. The highest BCUT2D eigenvalue weighted by molar-refractivity contribution is 5.63. The lowest BCUT2D eigenvalue weighted by Gasteiger charge is -2.17. The molecule has 1 unspecified atom stereocenters. The fourth-order valence-electron chi connectivity index (χ4n) is 2.42. The lowest BCUT2D eigenvalue weighted by atomic mass is 10.2. The average Bonchev–Trinajstić information content (AvgIpc) is 2.84. The van der Waals surface area contributed by atoms with Crippen LogP contribution < -0.4 is 5.73 Å². The van der Waals surface area contributed by atoms with Gasteiger partial charge in [-0.1, -0.05) is 0 Å². The van der Waals surface area contributed by atoms with Gasteiger partial charge in [-0.15, -0.1) is 10.2 Å². The van der Waals surface area contributed by atoms with Crippen LogP contribution in [0.4, 0.5) is 5.69 Å². The van der Waals surface area contributed by atoms with Gasteiger partial charge in [0.15, 0.2) is 11.5 Å². The molecule has 0 spiro atoms. The lowest BCUT2D eigenvalue weighted by molar-refractivity contribution is 0.304. The Balaban J connectivity index is 2.14. The van der Waals surface area contributed by atoms with E-state index in [9.17, 15) is 0 Å². The first-order valence-electron chi connectivity index (χ1n) is 5.57. The smallest absolute Gasteiger partial charge is 0.184 e. The van der Waals surface area contributed by atoms with E-state index in [-0.39, 0.29) is 0 Å². The monoisotopic (exact) mass is 217 g/mol. The molecule has 16 heavy (non-hydrogen) atoms. The summed E-state index contributed by atoms with van der Waals surface area (Å²) >= 11 is 0. The molecular formula is C11H15N5. The summed E-state index contributed by atoms with van der Waals surface area (Å²) in [6.45, 7) is 1.13. The summed E-state index contributed by atoms with van der Waals surface area (Å²) in [6, 6.07) is 4.16. The van der Waals surface area contributed by atoms with Crippen LogP contribution in [-0.4, -0.2) is 33.1 Å². The maximum absolute atomic E-state index is 5.87. The lowest BCUT2D eigenvalue weighted by Crippen LogP contribution is -2.19. The zero-order valence-electron chi connectivity index (χ0n) is 9.30. The summed E-state index contributed by atoms with van der Waals surface area (Å²) in [5.41, 5.74) is 7.31. The van der Waals surface area contributed by atoms with Crippen LogP contribution >= 0.6 is 0 Å². The first-order chi connectivity index (χ1) is 7.77. The summed E-state index contributed by atoms with van der Waals surface area (Å²) in [4.78, 5) is 2.32. The van der Waals surface area contributed by atoms with Gasteiger partial charge in [0.1, 0.15) is 0 Å². The number of fused-ring (bicyclic) bond motifs is 1. The topological polar surface area (TPSA) is 59.5 Å². The molecule has 5 heteroatoms. The van der Waals surface area contributed by atoms with Gasteiger partial charge in [0, 0.05) is 6.20 Å². The van der Waals surface area contributed by atoms with Crippen LogP contribution in [0.3, 0.4) is 0 Å². The van der Waals surface area contributed by atoms with E-state index in [1.165, 1.54) is 6.42 Å². The van der Waals surface area contributed by atoms with Crippen LogP contribution in [0.2, 0.25) is 0 Å². The van der Waals surface area contributed by atoms with Crippen LogP contribution in [0, 0.1) is 0 Å². The Morgan fingerprint density at radius 1 is 1.44 bits per heavy atom. The number of pyridine rings is 1. The van der Waals surface area contributed by atoms with Gasteiger partial charge in [-0.2, -0.15) is 0 Å². The van der Waals surface area contributed by atoms with Crippen molar-refractivity contribution in [3.8, 4) is 0 Å². The number of nitrogens with zero attached hydrogens (tertiary/aromatic N) is 4. The molecule has 84 valence electrons. The molecule has 0 aliphatic carbocycles. The van der Waals surface area contributed by atoms with Crippen molar-refractivity contribution in [3.63, 3.8) is 0 Å². The summed E-state index contributed by atoms with van der Waals surface area (Å²) in [7, 11) is 2.13. The highest BCUT2D eigenvalue weighted by atomic mass is 15.3. The molecule has 2 aromatic heterocycles. The molecule has 2 N–H and O–H groups in total. The number of aromatic nitrogens is 3. The first-order valence-corrected chi connectivity index (χ1v) is 5.57. The Hall–Kier alpha value is -1.62. The van der Waals surface area contributed by atoms with E-state index in [1.54, 1.807) is 0 Å². The van der Waals surface area contributed by atoms with Gasteiger partial charge in [0.25, 0.3) is 0 Å². The van der Waals surface area contributed by atoms with Crippen LogP contribution in [0.25, 0.3) is 5.65 Å². The van der Waals surface area contributed by atoms with Crippen LogP contribution in [0.15, 0.2) is 18.3 Å². The van der Waals surface area contributed by atoms with E-state index in [4.69, 9.17) is 5.73 Å². The van der Waals surface area contributed by atoms with Gasteiger partial charge in [-0.3, -0.25) is 9.30 Å². The van der Waals surface area contributed by atoms with Crippen molar-refractivity contribution >= 4 is 11.3 Å². The van der Waals surface area contributed by atoms with Gasteiger partial charge in [-0.25, -0.2) is 0 Å². The molecule has 1 aliphatic rings. The van der Waals surface area contributed by atoms with Crippen LogP contribution in [-0.2, 0) is 0 Å². The highest BCUT2D eigenvalue weighted by Gasteiger charge is 2.26. The minimum Gasteiger partial charge on any atom is -0.396 e. The van der Waals surface area contributed by atoms with Crippen molar-refractivity contribution in [3.05, 3.63) is 24.2 Å². The second-order valence-corrected chi connectivity index (χ2v) is 4.35. The van der Waals surface area contributed by atoms with Crippen molar-refractivity contribution in [1.82, 2.24) is 19.5 Å². The molecule has 3 rings (SSSR count). The molecule has 0 amide bonds. The predicted molar refractivity (Wildman–Crippen MR) is 62.0 cm³/mol. The van der Waals surface area contributed by atoms with Gasteiger partial charge < -0.3 is 5.73 Å². The average molecular weight is 217 g/mol. The molecule has 1 aliphatic heterocycles. The Morgan fingerprint density at radius 3 is 3.06 bits per heavy atom. The van der Waals surface area contributed by atoms with Gasteiger partial charge in [0.05, 0.1) is 11.7 Å². The number of likely N-dealkylation sites (tertiary alicyclic amines) is 1. The van der Waals surface area contributed by atoms with E-state index in [0.717, 1.165) is 24.4 Å². The van der Waals surface area contributed by atoms with Crippen LogP contribution in [0.1, 0.15) is 24.7 Å². The molecule has 0 aromatic carbocycles. The highest BCUT2D eigenvalue weighted by Crippen LogP contribution is 2.29. The minimum atomic E-state index is 0.372. The second kappa shape index (κ2) is 3.45. The number of nitrogen functional groups attached to an aromatic ring is 1. The van der Waals surface area contributed by atoms with E-state index in [2.05, 4.69) is 22.1 Å². The molecule has 1 fully saturated rings. The third-order valence-corrected chi connectivity index (χ3v) is 3.31. The quantitative estimate of drug-likeness (QED) is 0.776. The summed E-state index contributed by atoms with van der Waals surface area (Å²) in [5, 5.41) is 8.44. The molecule has 2 aromatic rings. The van der Waals surface area contributed by atoms with Crippen molar-refractivity contribution < 1.29 is 0 Å². The Morgan fingerprint density at radius 2 is 2.31 bits per heavy atom. The summed E-state index contributed by atoms with van der Waals surface area (Å²) in [6.07, 6.45) is 4.34. The fraction of sp³-hybridized carbons (Fsp3) is 0.455. The van der Waals surface area contributed by atoms with E-state index < -0.39 is 0 Å². The number of hydrogen-bond acceptors (Lipinski definition) is 4. The third kappa shape index (κ3) is 1.28. The molecule has 0 bridgehead atoms. The molecular weight excluding hydrogens is 202 g/mol. The number of anilines is 1. The SMILES string of the molecule is CN1CCCC1c1nnc2c(N)cccn12. The third-order valence-electron chi connectivity index (χ3n) is 3.31. The maximum atomic E-state index is 5.87. The molecule has 1 atom stereocenters. The van der Waals surface area contributed by atoms with Gasteiger partial charge >= 0.3 is 0 Å². The first kappa shape index (κ1) is 9.59. The second-order valence-electron chi connectivity index (χ2n) is 4.35. The molecule has 0 radical (unpaired) electrons. The number of rotatable bonds is 1. The standard InChI is InChI=1S/C11H15N5/c1-15-6-3-5-9(15)11-14-13-10-8(12)4-2-7-16(10)11/h2,4,7,9H,3,5-6,12H2,1H3. The largest absolute Gasteiger partial charge is 0.396 e. The van der Waals surface area contributed by atoms with E-state index in [0.29, 0.717) is 11.7 Å². The van der Waals surface area contributed by atoms with Gasteiger partial charge in [-0.05, 0) is 38.6 Å². The molecule has 5 nitrogen and oxygen atoms in total. The molecule has 3 heterocycles. The zero-order chi connectivity index (χ0) is 11.1. The summed E-state index contributed by atoms with van der Waals surface area (Å²) in [5.74, 6) is 1.00. The van der Waals surface area contributed by atoms with Crippen LogP contribution in [0.5, 0.6) is 0 Å². The summed E-state index contributed by atoms with van der Waals surface area (Å²) < 4.78 is 2.00.